The Bertz CT molecular complexity index is 1020. The summed E-state index contributed by atoms with van der Waals surface area (Å²) in [5.41, 5.74) is 2.98. The van der Waals surface area contributed by atoms with Gasteiger partial charge in [0, 0.05) is 16.0 Å². The summed E-state index contributed by atoms with van der Waals surface area (Å²) in [5, 5.41) is 12.7. The third kappa shape index (κ3) is 3.10. The monoisotopic (exact) mass is 366 g/mol. The topological polar surface area (TPSA) is 55.1 Å². The summed E-state index contributed by atoms with van der Waals surface area (Å²) in [5.74, 6) is 1.44. The van der Waals surface area contributed by atoms with Crippen molar-refractivity contribution in [1.82, 2.24) is 4.98 Å². The van der Waals surface area contributed by atoms with Crippen molar-refractivity contribution in [1.29, 1.82) is 5.26 Å². The average Bonchev–Trinajstić information content (AvgIpc) is 3.29. The number of thiazole rings is 1. The van der Waals surface area contributed by atoms with E-state index in [2.05, 4.69) is 11.1 Å². The van der Waals surface area contributed by atoms with E-state index in [1.54, 1.807) is 12.1 Å². The molecule has 0 fully saturated rings. The van der Waals surface area contributed by atoms with Gasteiger partial charge in [-0.3, -0.25) is 0 Å². The van der Waals surface area contributed by atoms with Crippen LogP contribution in [0.3, 0.4) is 0 Å². The van der Waals surface area contributed by atoms with Crippen LogP contribution in [0.25, 0.3) is 22.9 Å². The van der Waals surface area contributed by atoms with E-state index in [0.29, 0.717) is 21.4 Å². The van der Waals surface area contributed by atoms with Crippen LogP contribution >= 0.6 is 22.9 Å². The van der Waals surface area contributed by atoms with Gasteiger partial charge >= 0.3 is 0 Å². The van der Waals surface area contributed by atoms with Gasteiger partial charge in [-0.15, -0.1) is 11.3 Å². The van der Waals surface area contributed by atoms with E-state index in [9.17, 15) is 5.26 Å². The van der Waals surface area contributed by atoms with Crippen molar-refractivity contribution in [3.8, 4) is 28.8 Å². The summed E-state index contributed by atoms with van der Waals surface area (Å²) >= 11 is 7.59. The van der Waals surface area contributed by atoms with Crippen LogP contribution in [0.5, 0.6) is 11.5 Å². The van der Waals surface area contributed by atoms with Gasteiger partial charge in [0.25, 0.3) is 0 Å². The molecule has 0 saturated carbocycles. The van der Waals surface area contributed by atoms with Crippen LogP contribution in [0, 0.1) is 11.3 Å². The Hall–Kier alpha value is -2.81. The SMILES string of the molecule is N#CC(=Cc1ccccc1Cl)c1nc(-c2ccc3c(c2)OCO3)cs1. The summed E-state index contributed by atoms with van der Waals surface area (Å²) in [4.78, 5) is 4.59. The highest BCUT2D eigenvalue weighted by atomic mass is 35.5. The molecule has 1 aliphatic heterocycles. The van der Waals surface area contributed by atoms with Crippen molar-refractivity contribution in [2.45, 2.75) is 0 Å². The van der Waals surface area contributed by atoms with E-state index in [-0.39, 0.29) is 6.79 Å². The molecule has 122 valence electrons. The lowest BCUT2D eigenvalue weighted by molar-refractivity contribution is 0.174. The minimum atomic E-state index is 0.236. The molecule has 2 heterocycles. The molecular weight excluding hydrogens is 356 g/mol. The van der Waals surface area contributed by atoms with E-state index >= 15 is 0 Å². The van der Waals surface area contributed by atoms with Crippen molar-refractivity contribution in [3.63, 3.8) is 0 Å². The third-order valence-corrected chi connectivity index (χ3v) is 4.95. The fraction of sp³-hybridized carbons (Fsp3) is 0.0526. The number of halogens is 1. The van der Waals surface area contributed by atoms with Crippen LogP contribution in [-0.4, -0.2) is 11.8 Å². The first kappa shape index (κ1) is 15.7. The van der Waals surface area contributed by atoms with E-state index < -0.39 is 0 Å². The van der Waals surface area contributed by atoms with Gasteiger partial charge in [0.2, 0.25) is 6.79 Å². The molecule has 2 aromatic carbocycles. The normalized spacial score (nSPS) is 12.9. The molecule has 0 saturated heterocycles. The maximum Gasteiger partial charge on any atom is 0.231 e. The van der Waals surface area contributed by atoms with E-state index in [4.69, 9.17) is 21.1 Å². The second-order valence-corrected chi connectivity index (χ2v) is 6.56. The van der Waals surface area contributed by atoms with Crippen molar-refractivity contribution in [2.24, 2.45) is 0 Å². The predicted octanol–water partition coefficient (Wildman–Crippen LogP) is 5.26. The zero-order valence-corrected chi connectivity index (χ0v) is 14.5. The highest BCUT2D eigenvalue weighted by Gasteiger charge is 2.16. The molecule has 1 aromatic heterocycles. The summed E-state index contributed by atoms with van der Waals surface area (Å²) in [6, 6.07) is 15.3. The Morgan fingerprint density at radius 3 is 2.88 bits per heavy atom. The lowest BCUT2D eigenvalue weighted by Gasteiger charge is -2.00. The number of nitriles is 1. The van der Waals surface area contributed by atoms with Gasteiger partial charge < -0.3 is 9.47 Å². The van der Waals surface area contributed by atoms with Gasteiger partial charge in [0.15, 0.2) is 11.5 Å². The van der Waals surface area contributed by atoms with Gasteiger partial charge in [-0.1, -0.05) is 29.8 Å². The summed E-state index contributed by atoms with van der Waals surface area (Å²) < 4.78 is 10.7. The quantitative estimate of drug-likeness (QED) is 0.593. The largest absolute Gasteiger partial charge is 0.454 e. The number of allylic oxidation sites excluding steroid dienone is 1. The van der Waals surface area contributed by atoms with Crippen LogP contribution in [0.4, 0.5) is 0 Å². The number of hydrogen-bond donors (Lipinski definition) is 0. The first-order valence-corrected chi connectivity index (χ1v) is 8.72. The maximum absolute atomic E-state index is 9.51. The second kappa shape index (κ2) is 6.60. The van der Waals surface area contributed by atoms with Gasteiger partial charge in [0.05, 0.1) is 11.3 Å². The Morgan fingerprint density at radius 1 is 1.20 bits per heavy atom. The lowest BCUT2D eigenvalue weighted by Crippen LogP contribution is -1.92. The molecule has 0 radical (unpaired) electrons. The standard InChI is InChI=1S/C19H11ClN2O2S/c20-15-4-2-1-3-12(15)7-14(9-21)19-22-16(10-25-19)13-5-6-17-18(8-13)24-11-23-17/h1-8,10H,11H2. The van der Waals surface area contributed by atoms with Gasteiger partial charge in [-0.05, 0) is 35.9 Å². The molecule has 0 unspecified atom stereocenters. The number of hydrogen-bond acceptors (Lipinski definition) is 5. The molecule has 0 bridgehead atoms. The highest BCUT2D eigenvalue weighted by Crippen LogP contribution is 2.36. The van der Waals surface area contributed by atoms with E-state index in [1.807, 2.05) is 41.8 Å². The van der Waals surface area contributed by atoms with Crippen molar-refractivity contribution in [3.05, 3.63) is 63.4 Å². The predicted molar refractivity (Wildman–Crippen MR) is 98.6 cm³/mol. The van der Waals surface area contributed by atoms with Gasteiger partial charge in [-0.25, -0.2) is 4.98 Å². The fourth-order valence-electron chi connectivity index (χ4n) is 2.48. The summed E-state index contributed by atoms with van der Waals surface area (Å²) in [7, 11) is 0. The molecular formula is C19H11ClN2O2S. The van der Waals surface area contributed by atoms with Gasteiger partial charge in [-0.2, -0.15) is 5.26 Å². The van der Waals surface area contributed by atoms with E-state index in [1.165, 1.54) is 11.3 Å². The Morgan fingerprint density at radius 2 is 2.04 bits per heavy atom. The molecule has 25 heavy (non-hydrogen) atoms. The first-order chi connectivity index (χ1) is 12.2. The molecule has 4 rings (SSSR count). The van der Waals surface area contributed by atoms with E-state index in [0.717, 1.165) is 22.6 Å². The number of ether oxygens (including phenoxy) is 2. The lowest BCUT2D eigenvalue weighted by atomic mass is 10.1. The molecule has 3 aromatic rings. The van der Waals surface area contributed by atoms with Crippen LogP contribution in [-0.2, 0) is 0 Å². The number of nitrogens with zero attached hydrogens (tertiary/aromatic N) is 2. The average molecular weight is 367 g/mol. The van der Waals surface area contributed by atoms with Crippen molar-refractivity contribution < 1.29 is 9.47 Å². The van der Waals surface area contributed by atoms with Gasteiger partial charge in [0.1, 0.15) is 11.1 Å². The minimum Gasteiger partial charge on any atom is -0.454 e. The van der Waals surface area contributed by atoms with Crippen LogP contribution in [0.15, 0.2) is 47.8 Å². The first-order valence-electron chi connectivity index (χ1n) is 7.47. The molecule has 0 amide bonds. The second-order valence-electron chi connectivity index (χ2n) is 5.30. The molecule has 4 nitrogen and oxygen atoms in total. The molecule has 1 aliphatic rings. The summed E-state index contributed by atoms with van der Waals surface area (Å²) in [6.45, 7) is 0.236. The molecule has 0 atom stereocenters. The molecule has 0 spiro atoms. The third-order valence-electron chi connectivity index (χ3n) is 3.73. The minimum absolute atomic E-state index is 0.236. The fourth-order valence-corrected chi connectivity index (χ4v) is 3.46. The zero-order chi connectivity index (χ0) is 17.2. The maximum atomic E-state index is 9.51. The van der Waals surface area contributed by atoms with Crippen molar-refractivity contribution >= 4 is 34.6 Å². The highest BCUT2D eigenvalue weighted by molar-refractivity contribution is 7.11. The molecule has 6 heteroatoms. The number of benzene rings is 2. The number of aromatic nitrogens is 1. The molecule has 0 aliphatic carbocycles. The van der Waals surface area contributed by atoms with Crippen LogP contribution in [0.1, 0.15) is 10.6 Å². The Balaban J connectivity index is 1.68. The zero-order valence-electron chi connectivity index (χ0n) is 12.9. The summed E-state index contributed by atoms with van der Waals surface area (Å²) in [6.07, 6.45) is 1.75. The van der Waals surface area contributed by atoms with Crippen molar-refractivity contribution in [2.75, 3.05) is 6.79 Å². The van der Waals surface area contributed by atoms with Crippen LogP contribution < -0.4 is 9.47 Å². The Labute approximate surface area is 153 Å². The smallest absolute Gasteiger partial charge is 0.231 e. The number of rotatable bonds is 3. The Kier molecular flexibility index (Phi) is 4.14. The van der Waals surface area contributed by atoms with Crippen LogP contribution in [0.2, 0.25) is 5.02 Å². The number of fused-ring (bicyclic) bond motifs is 1. The molecule has 0 N–H and O–H groups in total.